The molecule has 0 spiro atoms. The van der Waals surface area contributed by atoms with Crippen molar-refractivity contribution in [2.75, 3.05) is 30.3 Å². The zero-order valence-corrected chi connectivity index (χ0v) is 16.0. The highest BCUT2D eigenvalue weighted by atomic mass is 16.2. The van der Waals surface area contributed by atoms with Crippen molar-refractivity contribution in [1.82, 2.24) is 4.90 Å². The van der Waals surface area contributed by atoms with Gasteiger partial charge in [-0.25, -0.2) is 0 Å². The second kappa shape index (κ2) is 8.71. The quantitative estimate of drug-likeness (QED) is 0.844. The SMILES string of the molecule is Cc1ccc(C(=O)Nc2ccccc2)cc1NCC(=O)N1CCCC(C)C1. The number of nitrogens with one attached hydrogen (secondary N) is 2. The number of aryl methyl sites for hydroxylation is 1. The monoisotopic (exact) mass is 365 g/mol. The summed E-state index contributed by atoms with van der Waals surface area (Å²) in [7, 11) is 0. The van der Waals surface area contributed by atoms with Crippen LogP contribution >= 0.6 is 0 Å². The Morgan fingerprint density at radius 2 is 1.93 bits per heavy atom. The molecule has 1 unspecified atom stereocenters. The number of benzene rings is 2. The first-order valence-electron chi connectivity index (χ1n) is 9.51. The number of piperidine rings is 1. The Morgan fingerprint density at radius 3 is 2.67 bits per heavy atom. The largest absolute Gasteiger partial charge is 0.376 e. The van der Waals surface area contributed by atoms with Crippen molar-refractivity contribution in [3.05, 3.63) is 59.7 Å². The topological polar surface area (TPSA) is 61.4 Å². The molecule has 2 aromatic rings. The maximum absolute atomic E-state index is 12.5. The van der Waals surface area contributed by atoms with Gasteiger partial charge in [0.1, 0.15) is 0 Å². The van der Waals surface area contributed by atoms with E-state index in [2.05, 4.69) is 17.6 Å². The molecule has 0 aliphatic carbocycles. The van der Waals surface area contributed by atoms with E-state index in [4.69, 9.17) is 0 Å². The molecule has 5 heteroatoms. The molecule has 1 fully saturated rings. The molecule has 142 valence electrons. The minimum absolute atomic E-state index is 0.111. The van der Waals surface area contributed by atoms with E-state index in [9.17, 15) is 9.59 Å². The molecule has 1 aliphatic heterocycles. The van der Waals surface area contributed by atoms with Crippen molar-refractivity contribution in [1.29, 1.82) is 0 Å². The predicted octanol–water partition coefficient (Wildman–Crippen LogP) is 3.92. The summed E-state index contributed by atoms with van der Waals surface area (Å²) in [5, 5.41) is 6.10. The Morgan fingerprint density at radius 1 is 1.15 bits per heavy atom. The summed E-state index contributed by atoms with van der Waals surface area (Å²) in [5.74, 6) is 0.509. The van der Waals surface area contributed by atoms with E-state index < -0.39 is 0 Å². The van der Waals surface area contributed by atoms with E-state index in [0.29, 0.717) is 11.5 Å². The smallest absolute Gasteiger partial charge is 0.255 e. The van der Waals surface area contributed by atoms with Crippen molar-refractivity contribution in [3.8, 4) is 0 Å². The van der Waals surface area contributed by atoms with Gasteiger partial charge in [0, 0.05) is 30.0 Å². The van der Waals surface area contributed by atoms with Crippen molar-refractivity contribution >= 4 is 23.2 Å². The number of likely N-dealkylation sites (tertiary alicyclic amines) is 1. The Hall–Kier alpha value is -2.82. The van der Waals surface area contributed by atoms with Gasteiger partial charge < -0.3 is 15.5 Å². The minimum Gasteiger partial charge on any atom is -0.376 e. The van der Waals surface area contributed by atoms with Gasteiger partial charge in [0.25, 0.3) is 5.91 Å². The molecule has 0 bridgehead atoms. The maximum Gasteiger partial charge on any atom is 0.255 e. The first-order chi connectivity index (χ1) is 13.0. The number of nitrogens with zero attached hydrogens (tertiary/aromatic N) is 1. The molecule has 3 rings (SSSR count). The highest BCUT2D eigenvalue weighted by molar-refractivity contribution is 6.05. The van der Waals surface area contributed by atoms with Crippen LogP contribution in [0.1, 0.15) is 35.7 Å². The van der Waals surface area contributed by atoms with Crippen LogP contribution in [0, 0.1) is 12.8 Å². The third-order valence-electron chi connectivity index (χ3n) is 4.97. The lowest BCUT2D eigenvalue weighted by atomic mass is 10.0. The molecular formula is C22H27N3O2. The molecule has 0 saturated carbocycles. The Bertz CT molecular complexity index is 804. The highest BCUT2D eigenvalue weighted by Gasteiger charge is 2.20. The third kappa shape index (κ3) is 5.09. The fourth-order valence-corrected chi connectivity index (χ4v) is 3.38. The van der Waals surface area contributed by atoms with E-state index in [-0.39, 0.29) is 18.4 Å². The van der Waals surface area contributed by atoms with E-state index in [0.717, 1.165) is 36.4 Å². The fourth-order valence-electron chi connectivity index (χ4n) is 3.38. The number of hydrogen-bond donors (Lipinski definition) is 2. The van der Waals surface area contributed by atoms with Crippen LogP contribution in [0.25, 0.3) is 0 Å². The normalized spacial score (nSPS) is 16.7. The number of amides is 2. The molecular weight excluding hydrogens is 338 g/mol. The molecule has 1 saturated heterocycles. The van der Waals surface area contributed by atoms with Crippen molar-refractivity contribution < 1.29 is 9.59 Å². The summed E-state index contributed by atoms with van der Waals surface area (Å²) in [6.07, 6.45) is 2.26. The van der Waals surface area contributed by atoms with Crippen LogP contribution in [0.3, 0.4) is 0 Å². The van der Waals surface area contributed by atoms with Crippen LogP contribution in [0.4, 0.5) is 11.4 Å². The van der Waals surface area contributed by atoms with E-state index in [1.165, 1.54) is 6.42 Å². The van der Waals surface area contributed by atoms with Gasteiger partial charge in [-0.1, -0.05) is 31.2 Å². The Labute approximate surface area is 160 Å². The van der Waals surface area contributed by atoms with E-state index in [1.807, 2.05) is 48.2 Å². The molecule has 2 N–H and O–H groups in total. The van der Waals surface area contributed by atoms with Crippen molar-refractivity contribution in [2.24, 2.45) is 5.92 Å². The van der Waals surface area contributed by atoms with Crippen LogP contribution in [0.15, 0.2) is 48.5 Å². The van der Waals surface area contributed by atoms with Crippen LogP contribution in [0.5, 0.6) is 0 Å². The average Bonchev–Trinajstić information content (AvgIpc) is 2.68. The number of carbonyl (C=O) groups excluding carboxylic acids is 2. The summed E-state index contributed by atoms with van der Waals surface area (Å²) >= 11 is 0. The number of carbonyl (C=O) groups is 2. The molecule has 27 heavy (non-hydrogen) atoms. The van der Waals surface area contributed by atoms with Crippen LogP contribution < -0.4 is 10.6 Å². The van der Waals surface area contributed by atoms with Gasteiger partial charge in [-0.05, 0) is 55.5 Å². The zero-order valence-electron chi connectivity index (χ0n) is 16.0. The lowest BCUT2D eigenvalue weighted by Crippen LogP contribution is -2.42. The number of hydrogen-bond acceptors (Lipinski definition) is 3. The van der Waals surface area contributed by atoms with E-state index in [1.54, 1.807) is 12.1 Å². The van der Waals surface area contributed by atoms with Crippen LogP contribution in [-0.4, -0.2) is 36.3 Å². The predicted molar refractivity (Wildman–Crippen MR) is 109 cm³/mol. The summed E-state index contributed by atoms with van der Waals surface area (Å²) in [6, 6.07) is 14.9. The Balaban J connectivity index is 1.63. The third-order valence-corrected chi connectivity index (χ3v) is 4.97. The van der Waals surface area contributed by atoms with Gasteiger partial charge in [-0.2, -0.15) is 0 Å². The zero-order chi connectivity index (χ0) is 19.2. The second-order valence-electron chi connectivity index (χ2n) is 7.29. The number of para-hydroxylation sites is 1. The van der Waals surface area contributed by atoms with Crippen molar-refractivity contribution in [3.63, 3.8) is 0 Å². The van der Waals surface area contributed by atoms with Gasteiger partial charge in [-0.15, -0.1) is 0 Å². The molecule has 1 aliphatic rings. The lowest BCUT2D eigenvalue weighted by molar-refractivity contribution is -0.130. The lowest BCUT2D eigenvalue weighted by Gasteiger charge is -2.31. The molecule has 1 heterocycles. The van der Waals surface area contributed by atoms with Crippen LogP contribution in [-0.2, 0) is 4.79 Å². The molecule has 5 nitrogen and oxygen atoms in total. The molecule has 2 aromatic carbocycles. The fraction of sp³-hybridized carbons (Fsp3) is 0.364. The summed E-state index contributed by atoms with van der Waals surface area (Å²) in [5.41, 5.74) is 3.14. The molecule has 2 amide bonds. The first kappa shape index (κ1) is 19.0. The van der Waals surface area contributed by atoms with Gasteiger partial charge in [-0.3, -0.25) is 9.59 Å². The standard InChI is InChI=1S/C22H27N3O2/c1-16-7-6-12-25(15-16)21(26)14-23-20-13-18(11-10-17(20)2)22(27)24-19-8-4-3-5-9-19/h3-5,8-11,13,16,23H,6-7,12,14-15H2,1-2H3,(H,24,27). The summed E-state index contributed by atoms with van der Waals surface area (Å²) in [6.45, 7) is 6.07. The Kier molecular flexibility index (Phi) is 6.12. The number of anilines is 2. The summed E-state index contributed by atoms with van der Waals surface area (Å²) in [4.78, 5) is 26.9. The van der Waals surface area contributed by atoms with Gasteiger partial charge >= 0.3 is 0 Å². The number of rotatable bonds is 5. The molecule has 1 atom stereocenters. The first-order valence-corrected chi connectivity index (χ1v) is 9.51. The highest BCUT2D eigenvalue weighted by Crippen LogP contribution is 2.19. The second-order valence-corrected chi connectivity index (χ2v) is 7.29. The van der Waals surface area contributed by atoms with Crippen LogP contribution in [0.2, 0.25) is 0 Å². The molecule has 0 aromatic heterocycles. The maximum atomic E-state index is 12.5. The van der Waals surface area contributed by atoms with Crippen molar-refractivity contribution in [2.45, 2.75) is 26.7 Å². The van der Waals surface area contributed by atoms with Gasteiger partial charge in [0.15, 0.2) is 0 Å². The van der Waals surface area contributed by atoms with Gasteiger partial charge in [0.2, 0.25) is 5.91 Å². The minimum atomic E-state index is -0.166. The van der Waals surface area contributed by atoms with Gasteiger partial charge in [0.05, 0.1) is 6.54 Å². The van der Waals surface area contributed by atoms with E-state index >= 15 is 0 Å². The summed E-state index contributed by atoms with van der Waals surface area (Å²) < 4.78 is 0. The average molecular weight is 365 g/mol. The molecule has 0 radical (unpaired) electrons.